The van der Waals surface area contributed by atoms with Gasteiger partial charge < -0.3 is 36.7 Å². The highest BCUT2D eigenvalue weighted by Gasteiger charge is 2.26. The third-order valence-corrected chi connectivity index (χ3v) is 6.52. The number of hydrogen-bond acceptors (Lipinski definition) is 8. The van der Waals surface area contributed by atoms with Crippen LogP contribution < -0.4 is 26.3 Å². The van der Waals surface area contributed by atoms with Crippen LogP contribution in [0, 0.1) is 0 Å². The molecular formula is C30H27N5O5. The molecule has 0 amide bonds. The van der Waals surface area contributed by atoms with Crippen LogP contribution in [0.25, 0.3) is 0 Å². The van der Waals surface area contributed by atoms with E-state index in [9.17, 15) is 4.79 Å². The van der Waals surface area contributed by atoms with Crippen LogP contribution in [-0.2, 0) is 6.42 Å². The Kier molecular flexibility index (Phi) is 7.49. The van der Waals surface area contributed by atoms with Crippen LogP contribution in [-0.4, -0.2) is 33.9 Å². The minimum Gasteiger partial charge on any atom is -0.457 e. The number of nitrogens with two attached hydrogens (primary N) is 2. The van der Waals surface area contributed by atoms with E-state index in [0.29, 0.717) is 46.1 Å². The number of nitrogens with zero attached hydrogens (tertiary/aromatic N) is 2. The first-order valence-corrected chi connectivity index (χ1v) is 12.5. The molecule has 10 heteroatoms. The van der Waals surface area contributed by atoms with E-state index in [1.54, 1.807) is 66.7 Å². The molecule has 10 nitrogen and oxygen atoms in total. The average Bonchev–Trinajstić information content (AvgIpc) is 3.00. The molecule has 0 aliphatic carbocycles. The summed E-state index contributed by atoms with van der Waals surface area (Å²) >= 11 is 0. The Morgan fingerprint density at radius 1 is 0.725 bits per heavy atom. The average molecular weight is 538 g/mol. The van der Waals surface area contributed by atoms with Gasteiger partial charge in [-0.1, -0.05) is 28.5 Å². The summed E-state index contributed by atoms with van der Waals surface area (Å²) in [4.78, 5) is 13.6. The van der Waals surface area contributed by atoms with Gasteiger partial charge in [0.05, 0.1) is 6.04 Å². The molecule has 1 aliphatic rings. The van der Waals surface area contributed by atoms with Gasteiger partial charge in [-0.15, -0.1) is 0 Å². The second-order valence-corrected chi connectivity index (χ2v) is 9.17. The van der Waals surface area contributed by atoms with E-state index >= 15 is 0 Å². The number of ketones is 1. The molecule has 40 heavy (non-hydrogen) atoms. The summed E-state index contributed by atoms with van der Waals surface area (Å²) < 4.78 is 12.1. The number of anilines is 1. The Labute approximate surface area is 230 Å². The van der Waals surface area contributed by atoms with Crippen molar-refractivity contribution in [1.82, 2.24) is 0 Å². The maximum absolute atomic E-state index is 13.6. The van der Waals surface area contributed by atoms with Gasteiger partial charge in [0.2, 0.25) is 0 Å². The minimum atomic E-state index is -0.405. The summed E-state index contributed by atoms with van der Waals surface area (Å²) in [5.74, 6) is 1.62. The van der Waals surface area contributed by atoms with Crippen LogP contribution in [0.4, 0.5) is 5.69 Å². The van der Waals surface area contributed by atoms with Gasteiger partial charge in [0.25, 0.3) is 0 Å². The Bertz CT molecular complexity index is 1500. The van der Waals surface area contributed by atoms with E-state index in [0.717, 1.165) is 12.1 Å². The van der Waals surface area contributed by atoms with E-state index in [1.165, 1.54) is 5.56 Å². The zero-order chi connectivity index (χ0) is 28.1. The van der Waals surface area contributed by atoms with E-state index in [4.69, 9.17) is 31.4 Å². The summed E-state index contributed by atoms with van der Waals surface area (Å²) in [7, 11) is 0. The van der Waals surface area contributed by atoms with Crippen molar-refractivity contribution in [2.75, 3.05) is 5.32 Å². The van der Waals surface area contributed by atoms with Crippen LogP contribution in [0.15, 0.2) is 101 Å². The lowest BCUT2D eigenvalue weighted by Crippen LogP contribution is -2.33. The summed E-state index contributed by atoms with van der Waals surface area (Å²) in [6.45, 7) is 0. The number of carbonyl (C=O) groups excluding carboxylic acids is 1. The Balaban J connectivity index is 1.44. The summed E-state index contributed by atoms with van der Waals surface area (Å²) in [6.07, 6.45) is 1.44. The summed E-state index contributed by atoms with van der Waals surface area (Å²) in [6, 6.07) is 25.9. The van der Waals surface area contributed by atoms with Crippen molar-refractivity contribution in [2.24, 2.45) is 21.8 Å². The Morgan fingerprint density at radius 2 is 1.25 bits per heavy atom. The summed E-state index contributed by atoms with van der Waals surface area (Å²) in [5, 5.41) is 27.2. The fourth-order valence-electron chi connectivity index (χ4n) is 4.44. The van der Waals surface area contributed by atoms with Crippen LogP contribution in [0.2, 0.25) is 0 Å². The largest absolute Gasteiger partial charge is 0.457 e. The second kappa shape index (κ2) is 11.5. The zero-order valence-electron chi connectivity index (χ0n) is 21.3. The van der Waals surface area contributed by atoms with Gasteiger partial charge in [-0.05, 0) is 85.1 Å². The molecule has 1 aliphatic heterocycles. The number of nitrogens with one attached hydrogen (secondary N) is 1. The topological polar surface area (TPSA) is 165 Å². The van der Waals surface area contributed by atoms with Gasteiger partial charge in [-0.25, -0.2) is 0 Å². The van der Waals surface area contributed by atoms with E-state index in [2.05, 4.69) is 21.7 Å². The van der Waals surface area contributed by atoms with Gasteiger partial charge in [-0.2, -0.15) is 0 Å². The molecule has 0 radical (unpaired) electrons. The molecule has 0 spiro atoms. The Hall–Kier alpha value is -5.51. The van der Waals surface area contributed by atoms with Crippen molar-refractivity contribution >= 4 is 23.1 Å². The number of amidine groups is 2. The third-order valence-electron chi connectivity index (χ3n) is 6.52. The number of rotatable bonds is 8. The zero-order valence-corrected chi connectivity index (χ0v) is 21.3. The van der Waals surface area contributed by atoms with Crippen molar-refractivity contribution in [3.05, 3.63) is 113 Å². The first-order chi connectivity index (χ1) is 19.4. The van der Waals surface area contributed by atoms with Gasteiger partial charge in [0.15, 0.2) is 17.5 Å². The maximum atomic E-state index is 13.6. The Morgan fingerprint density at radius 3 is 1.77 bits per heavy atom. The van der Waals surface area contributed by atoms with Gasteiger partial charge in [0, 0.05) is 28.4 Å². The molecule has 1 atom stereocenters. The van der Waals surface area contributed by atoms with Crippen molar-refractivity contribution in [2.45, 2.75) is 18.9 Å². The lowest BCUT2D eigenvalue weighted by atomic mass is 9.93. The van der Waals surface area contributed by atoms with Gasteiger partial charge >= 0.3 is 0 Å². The normalized spacial score (nSPS) is 15.1. The molecule has 0 fully saturated rings. The lowest BCUT2D eigenvalue weighted by Gasteiger charge is -2.26. The second-order valence-electron chi connectivity index (χ2n) is 9.17. The standard InChI is InChI=1S/C30H27N5O5/c31-29(34-37)19-5-10-22(11-6-19)39-24-15-21(28(36)27-14-9-18-3-1-2-4-26(18)33-27)16-25(17-24)40-23-12-7-20(8-13-23)30(32)35-38/h1-8,10-13,15-17,27,33,37-38H,9,14H2,(H2,31,34)(H2,32,35). The fraction of sp³-hybridized carbons (Fsp3) is 0.100. The number of hydrogen-bond donors (Lipinski definition) is 5. The fourth-order valence-corrected chi connectivity index (χ4v) is 4.44. The molecule has 1 unspecified atom stereocenters. The van der Waals surface area contributed by atoms with E-state index < -0.39 is 6.04 Å². The number of Topliss-reactive ketones (excluding diaryl/α,β-unsaturated/α-hetero) is 1. The van der Waals surface area contributed by atoms with Crippen molar-refractivity contribution < 1.29 is 24.7 Å². The van der Waals surface area contributed by atoms with Crippen LogP contribution in [0.5, 0.6) is 23.0 Å². The molecule has 202 valence electrons. The monoisotopic (exact) mass is 537 g/mol. The molecule has 0 aromatic heterocycles. The van der Waals surface area contributed by atoms with Crippen LogP contribution in [0.1, 0.15) is 33.5 Å². The first kappa shape index (κ1) is 26.1. The maximum Gasteiger partial charge on any atom is 0.185 e. The van der Waals surface area contributed by atoms with E-state index in [1.807, 2.05) is 18.2 Å². The smallest absolute Gasteiger partial charge is 0.185 e. The van der Waals surface area contributed by atoms with Crippen molar-refractivity contribution in [3.63, 3.8) is 0 Å². The highest BCUT2D eigenvalue weighted by Crippen LogP contribution is 2.33. The first-order valence-electron chi connectivity index (χ1n) is 12.5. The molecule has 0 saturated carbocycles. The molecular weight excluding hydrogens is 510 g/mol. The summed E-state index contributed by atoms with van der Waals surface area (Å²) in [5.41, 5.74) is 14.9. The number of oxime groups is 2. The number of benzene rings is 4. The SMILES string of the molecule is NC(=NO)c1ccc(Oc2cc(Oc3ccc(C(N)=NO)cc3)cc(C(=O)C3CCc4ccccc4N3)c2)cc1. The predicted molar refractivity (Wildman–Crippen MR) is 151 cm³/mol. The molecule has 7 N–H and O–H groups in total. The molecule has 5 rings (SSSR count). The number of aryl methyl sites for hydroxylation is 1. The molecule has 4 aromatic rings. The predicted octanol–water partition coefficient (Wildman–Crippen LogP) is 5.07. The van der Waals surface area contributed by atoms with Crippen LogP contribution in [0.3, 0.4) is 0 Å². The molecule has 4 aromatic carbocycles. The molecule has 0 saturated heterocycles. The number of ether oxygens (including phenoxy) is 2. The lowest BCUT2D eigenvalue weighted by molar-refractivity contribution is 0.0964. The van der Waals surface area contributed by atoms with Gasteiger partial charge in [-0.3, -0.25) is 4.79 Å². The number of para-hydroxylation sites is 1. The third kappa shape index (κ3) is 5.81. The molecule has 1 heterocycles. The quantitative estimate of drug-likeness (QED) is 0.0683. The number of carbonyl (C=O) groups is 1. The van der Waals surface area contributed by atoms with Crippen molar-refractivity contribution in [3.8, 4) is 23.0 Å². The highest BCUT2D eigenvalue weighted by atomic mass is 16.5. The van der Waals surface area contributed by atoms with E-state index in [-0.39, 0.29) is 17.5 Å². The van der Waals surface area contributed by atoms with Gasteiger partial charge in [0.1, 0.15) is 23.0 Å². The number of fused-ring (bicyclic) bond motifs is 1. The molecule has 0 bridgehead atoms. The highest BCUT2D eigenvalue weighted by molar-refractivity contribution is 6.03. The van der Waals surface area contributed by atoms with Crippen molar-refractivity contribution in [1.29, 1.82) is 0 Å². The van der Waals surface area contributed by atoms with Crippen LogP contribution >= 0.6 is 0 Å². The minimum absolute atomic E-state index is 0.0191.